The van der Waals surface area contributed by atoms with Gasteiger partial charge in [0.2, 0.25) is 11.8 Å². The number of urea groups is 1. The molecule has 3 aliphatic rings. The minimum Gasteiger partial charge on any atom is -0.388 e. The van der Waals surface area contributed by atoms with Crippen LogP contribution in [0.5, 0.6) is 0 Å². The quantitative estimate of drug-likeness (QED) is 0.691. The maximum atomic E-state index is 13.3. The summed E-state index contributed by atoms with van der Waals surface area (Å²) >= 11 is 0. The van der Waals surface area contributed by atoms with E-state index < -0.39 is 17.6 Å². The van der Waals surface area contributed by atoms with E-state index in [2.05, 4.69) is 5.32 Å². The van der Waals surface area contributed by atoms with E-state index in [9.17, 15) is 28.3 Å². The van der Waals surface area contributed by atoms with Crippen LogP contribution in [0.4, 0.5) is 13.6 Å². The fourth-order valence-electron chi connectivity index (χ4n) is 4.25. The van der Waals surface area contributed by atoms with E-state index in [1.54, 1.807) is 4.90 Å². The van der Waals surface area contributed by atoms with Crippen LogP contribution in [-0.4, -0.2) is 95.0 Å². The van der Waals surface area contributed by atoms with Crippen molar-refractivity contribution in [3.63, 3.8) is 0 Å². The Kier molecular flexibility index (Phi) is 6.72. The van der Waals surface area contributed by atoms with Gasteiger partial charge in [-0.15, -0.1) is 0 Å². The molecule has 0 saturated carbocycles. The second-order valence-electron chi connectivity index (χ2n) is 8.37. The van der Waals surface area contributed by atoms with Crippen LogP contribution in [0.3, 0.4) is 0 Å². The summed E-state index contributed by atoms with van der Waals surface area (Å²) in [6.07, 6.45) is 1.44. The van der Waals surface area contributed by atoms with Gasteiger partial charge in [-0.1, -0.05) is 0 Å². The van der Waals surface area contributed by atoms with Crippen molar-refractivity contribution in [2.45, 2.75) is 56.5 Å². The maximum Gasteiger partial charge on any atom is 0.324 e. The monoisotopic (exact) mass is 416 g/mol. The van der Waals surface area contributed by atoms with E-state index in [1.807, 2.05) is 4.90 Å². The fraction of sp³-hybridized carbons (Fsp3) is 0.842. The van der Waals surface area contributed by atoms with E-state index in [0.29, 0.717) is 45.4 Å². The molecule has 0 aliphatic carbocycles. The zero-order chi connectivity index (χ0) is 21.1. The average Bonchev–Trinajstić information content (AvgIpc) is 2.85. The Morgan fingerprint density at radius 2 is 1.79 bits per heavy atom. The molecule has 3 saturated heterocycles. The molecule has 0 aromatic carbocycles. The normalized spacial score (nSPS) is 28.8. The molecule has 8 nitrogen and oxygen atoms in total. The lowest BCUT2D eigenvalue weighted by Gasteiger charge is -2.37. The Hall–Kier alpha value is -1.81. The number of rotatable bonds is 5. The number of carbonyl (C=O) groups excluding carboxylic acids is 3. The minimum atomic E-state index is -2.61. The van der Waals surface area contributed by atoms with Crippen molar-refractivity contribution in [3.8, 4) is 0 Å². The first-order valence-corrected chi connectivity index (χ1v) is 10.4. The molecule has 0 aromatic heterocycles. The molecule has 164 valence electrons. The van der Waals surface area contributed by atoms with E-state index in [4.69, 9.17) is 0 Å². The Morgan fingerprint density at radius 3 is 2.48 bits per heavy atom. The van der Waals surface area contributed by atoms with Gasteiger partial charge in [0.1, 0.15) is 0 Å². The average molecular weight is 416 g/mol. The molecule has 1 unspecified atom stereocenters. The van der Waals surface area contributed by atoms with E-state index >= 15 is 0 Å². The first kappa shape index (κ1) is 21.9. The molecule has 3 heterocycles. The van der Waals surface area contributed by atoms with Crippen molar-refractivity contribution < 1.29 is 28.3 Å². The molecule has 3 aliphatic heterocycles. The Labute approximate surface area is 169 Å². The smallest absolute Gasteiger partial charge is 0.324 e. The number of amides is 4. The van der Waals surface area contributed by atoms with Gasteiger partial charge in [-0.2, -0.15) is 0 Å². The number of nitrogens with zero attached hydrogens (tertiary/aromatic N) is 3. The third-order valence-corrected chi connectivity index (χ3v) is 6.09. The van der Waals surface area contributed by atoms with Crippen LogP contribution in [-0.2, 0) is 9.59 Å². The summed E-state index contributed by atoms with van der Waals surface area (Å²) < 4.78 is 26.7. The molecule has 0 bridgehead atoms. The summed E-state index contributed by atoms with van der Waals surface area (Å²) in [4.78, 5) is 40.7. The Balaban J connectivity index is 1.46. The number of β-amino-alcohol motifs (C(OH)–C–C–N with tert-alkyl or cyclic N) is 1. The van der Waals surface area contributed by atoms with Crippen molar-refractivity contribution in [2.24, 2.45) is 0 Å². The summed E-state index contributed by atoms with van der Waals surface area (Å²) in [5.74, 6) is -3.05. The van der Waals surface area contributed by atoms with Gasteiger partial charge in [-0.3, -0.25) is 14.5 Å². The van der Waals surface area contributed by atoms with Gasteiger partial charge in [-0.05, 0) is 19.3 Å². The third kappa shape index (κ3) is 5.85. The largest absolute Gasteiger partial charge is 0.388 e. The molecule has 3 fully saturated rings. The number of nitrogens with one attached hydrogen (secondary N) is 1. The van der Waals surface area contributed by atoms with Gasteiger partial charge in [0.05, 0.1) is 5.60 Å². The molecule has 4 amide bonds. The van der Waals surface area contributed by atoms with Gasteiger partial charge in [0.25, 0.3) is 5.92 Å². The van der Waals surface area contributed by atoms with E-state index in [0.717, 1.165) is 4.90 Å². The fourth-order valence-corrected chi connectivity index (χ4v) is 4.25. The highest BCUT2D eigenvalue weighted by molar-refractivity contribution is 5.97. The Bertz CT molecular complexity index is 622. The highest BCUT2D eigenvalue weighted by Crippen LogP contribution is 2.30. The van der Waals surface area contributed by atoms with Gasteiger partial charge in [-0.25, -0.2) is 13.6 Å². The molecule has 0 spiro atoms. The molecule has 2 N–H and O–H groups in total. The van der Waals surface area contributed by atoms with Crippen molar-refractivity contribution in [1.82, 2.24) is 20.0 Å². The Morgan fingerprint density at radius 1 is 1.07 bits per heavy atom. The maximum absolute atomic E-state index is 13.3. The second kappa shape index (κ2) is 8.91. The first-order chi connectivity index (χ1) is 13.7. The van der Waals surface area contributed by atoms with E-state index in [1.165, 1.54) is 0 Å². The molecule has 10 heteroatoms. The second-order valence-corrected chi connectivity index (χ2v) is 8.37. The molecular formula is C19H30F2N4O4. The van der Waals surface area contributed by atoms with Crippen molar-refractivity contribution >= 4 is 17.8 Å². The number of imide groups is 1. The molecule has 29 heavy (non-hydrogen) atoms. The summed E-state index contributed by atoms with van der Waals surface area (Å²) in [5, 5.41) is 13.6. The van der Waals surface area contributed by atoms with Gasteiger partial charge in [0, 0.05) is 71.5 Å². The lowest BCUT2D eigenvalue weighted by atomic mass is 9.93. The zero-order valence-corrected chi connectivity index (χ0v) is 16.7. The number of aliphatic hydroxyl groups is 1. The van der Waals surface area contributed by atoms with Crippen LogP contribution in [0.1, 0.15) is 44.9 Å². The van der Waals surface area contributed by atoms with Gasteiger partial charge in [0.15, 0.2) is 0 Å². The number of alkyl halides is 2. The zero-order valence-electron chi connectivity index (χ0n) is 16.7. The lowest BCUT2D eigenvalue weighted by molar-refractivity contribution is -0.133. The highest BCUT2D eigenvalue weighted by Gasteiger charge is 2.38. The highest BCUT2D eigenvalue weighted by atomic mass is 19.3. The number of piperidine rings is 1. The van der Waals surface area contributed by atoms with Crippen molar-refractivity contribution in [1.29, 1.82) is 0 Å². The molecule has 0 aromatic rings. The summed E-state index contributed by atoms with van der Waals surface area (Å²) in [6, 6.07) is -0.466. The summed E-state index contributed by atoms with van der Waals surface area (Å²) in [6.45, 7) is 2.12. The number of likely N-dealkylation sites (tertiary alicyclic amines) is 2. The van der Waals surface area contributed by atoms with Crippen LogP contribution in [0.25, 0.3) is 0 Å². The first-order valence-electron chi connectivity index (χ1n) is 10.4. The molecule has 3 rings (SSSR count). The predicted molar refractivity (Wildman–Crippen MR) is 100 cm³/mol. The summed E-state index contributed by atoms with van der Waals surface area (Å²) in [5.41, 5.74) is -0.996. The van der Waals surface area contributed by atoms with Crippen molar-refractivity contribution in [3.05, 3.63) is 0 Å². The number of hydrogen-bond acceptors (Lipinski definition) is 5. The third-order valence-electron chi connectivity index (χ3n) is 6.09. The van der Waals surface area contributed by atoms with Crippen LogP contribution in [0.15, 0.2) is 0 Å². The SMILES string of the molecule is O=C(CCN1C(=O)CCNC1=O)N1CCCC(O)(CN2CCC(F)(F)CC2)CC1. The van der Waals surface area contributed by atoms with Gasteiger partial charge < -0.3 is 20.2 Å². The topological polar surface area (TPSA) is 93.2 Å². The standard InChI is InChI=1S/C19H30F2N4O4/c20-19(21)6-11-23(12-7-19)14-18(29)4-1-9-24(13-5-18)15(26)3-10-25-16(27)2-8-22-17(25)28/h29H,1-14H2,(H,22,28). The van der Waals surface area contributed by atoms with Crippen LogP contribution in [0, 0.1) is 0 Å². The predicted octanol–water partition coefficient (Wildman–Crippen LogP) is 0.793. The van der Waals surface area contributed by atoms with Crippen LogP contribution >= 0.6 is 0 Å². The van der Waals surface area contributed by atoms with Crippen molar-refractivity contribution in [2.75, 3.05) is 45.8 Å². The molecular weight excluding hydrogens is 386 g/mol. The lowest BCUT2D eigenvalue weighted by Crippen LogP contribution is -2.51. The number of hydrogen-bond donors (Lipinski definition) is 2. The minimum absolute atomic E-state index is 0.0479. The van der Waals surface area contributed by atoms with E-state index in [-0.39, 0.29) is 57.1 Å². The molecule has 1 atom stereocenters. The molecule has 0 radical (unpaired) electrons. The summed E-state index contributed by atoms with van der Waals surface area (Å²) in [7, 11) is 0. The number of halogens is 2. The van der Waals surface area contributed by atoms with Crippen LogP contribution in [0.2, 0.25) is 0 Å². The number of carbonyl (C=O) groups is 3. The van der Waals surface area contributed by atoms with Crippen LogP contribution < -0.4 is 5.32 Å². The van der Waals surface area contributed by atoms with Gasteiger partial charge >= 0.3 is 6.03 Å².